The molecule has 0 radical (unpaired) electrons. The van der Waals surface area contributed by atoms with Gasteiger partial charge in [0.1, 0.15) is 11.4 Å². The monoisotopic (exact) mass is 780 g/mol. The van der Waals surface area contributed by atoms with E-state index in [4.69, 9.17) is 25.8 Å². The number of nitrogens with zero attached hydrogens (tertiary/aromatic N) is 3. The lowest BCUT2D eigenvalue weighted by atomic mass is 9.63. The normalized spacial score (nSPS) is 34.0. The van der Waals surface area contributed by atoms with E-state index in [-0.39, 0.29) is 17.3 Å². The van der Waals surface area contributed by atoms with Crippen molar-refractivity contribution in [3.8, 4) is 5.75 Å². The second-order valence-electron chi connectivity index (χ2n) is 16.9. The van der Waals surface area contributed by atoms with Gasteiger partial charge in [-0.3, -0.25) is 14.6 Å². The molecule has 4 aliphatic heterocycles. The van der Waals surface area contributed by atoms with Crippen molar-refractivity contribution in [1.82, 2.24) is 14.5 Å². The van der Waals surface area contributed by atoms with Crippen LogP contribution in [0, 0.1) is 17.8 Å². The number of benzene rings is 2. The average molecular weight is 781 g/mol. The Hall–Kier alpha value is -2.67. The highest BCUT2D eigenvalue weighted by molar-refractivity contribution is 7.90. The Kier molecular flexibility index (Phi) is 10.9. The van der Waals surface area contributed by atoms with Crippen LogP contribution in [0.2, 0.25) is 5.02 Å². The molecule has 2 aromatic rings. The number of halogens is 1. The van der Waals surface area contributed by atoms with Gasteiger partial charge in [0, 0.05) is 68.4 Å². The molecular formula is C42H57ClN4O6S. The van der Waals surface area contributed by atoms with Gasteiger partial charge in [-0.15, -0.1) is 0 Å². The van der Waals surface area contributed by atoms with Crippen LogP contribution in [-0.2, 0) is 31.3 Å². The molecule has 12 heteroatoms. The van der Waals surface area contributed by atoms with Crippen LogP contribution < -0.4 is 14.4 Å². The SMILES string of the molecule is CCO[C@]1(CN2CCN(C3COC3)CC2)/C=C/C[C@H](C)[C@@H](C)S(=O)(=O)NC(=O)c2ccc3c(c2)N(C[C@@H]2CC[C@H]21)C[C@@]1(CCCc2cc(Cl)ccc21)CO3. The first-order chi connectivity index (χ1) is 26.0. The first kappa shape index (κ1) is 38.2. The molecule has 1 N–H and O–H groups in total. The molecule has 294 valence electrons. The largest absolute Gasteiger partial charge is 0.490 e. The topological polar surface area (TPSA) is 101 Å². The number of sulfonamides is 1. The van der Waals surface area contributed by atoms with Crippen molar-refractivity contribution in [2.75, 3.05) is 77.1 Å². The van der Waals surface area contributed by atoms with E-state index >= 15 is 0 Å². The maximum Gasteiger partial charge on any atom is 0.264 e. The molecule has 2 bridgehead atoms. The predicted molar refractivity (Wildman–Crippen MR) is 212 cm³/mol. The second kappa shape index (κ2) is 15.3. The van der Waals surface area contributed by atoms with E-state index in [0.717, 1.165) is 108 Å². The molecule has 1 amide bonds. The van der Waals surface area contributed by atoms with Crippen LogP contribution in [0.15, 0.2) is 48.6 Å². The Balaban J connectivity index is 1.18. The third-order valence-electron chi connectivity index (χ3n) is 13.7. The van der Waals surface area contributed by atoms with Gasteiger partial charge in [0.25, 0.3) is 5.91 Å². The quantitative estimate of drug-likeness (QED) is 0.385. The molecular weight excluding hydrogens is 724 g/mol. The minimum Gasteiger partial charge on any atom is -0.490 e. The molecule has 6 aliphatic rings. The van der Waals surface area contributed by atoms with Gasteiger partial charge < -0.3 is 19.1 Å². The highest BCUT2D eigenvalue weighted by Crippen LogP contribution is 2.49. The highest BCUT2D eigenvalue weighted by atomic mass is 35.5. The molecule has 0 unspecified atom stereocenters. The van der Waals surface area contributed by atoms with Crippen LogP contribution >= 0.6 is 11.6 Å². The summed E-state index contributed by atoms with van der Waals surface area (Å²) in [6.07, 6.45) is 10.2. The lowest BCUT2D eigenvalue weighted by Gasteiger charge is -2.53. The number of piperazine rings is 1. The molecule has 1 saturated carbocycles. The van der Waals surface area contributed by atoms with E-state index in [0.29, 0.717) is 37.2 Å². The van der Waals surface area contributed by atoms with Crippen molar-refractivity contribution < 1.29 is 27.4 Å². The number of fused-ring (bicyclic) bond motifs is 4. The van der Waals surface area contributed by atoms with Crippen molar-refractivity contribution in [2.45, 2.75) is 81.6 Å². The smallest absolute Gasteiger partial charge is 0.264 e. The first-order valence-electron chi connectivity index (χ1n) is 20.2. The number of nitrogens with one attached hydrogen (secondary N) is 1. The maximum absolute atomic E-state index is 13.7. The summed E-state index contributed by atoms with van der Waals surface area (Å²) in [7, 11) is -3.96. The molecule has 2 aliphatic carbocycles. The zero-order chi connectivity index (χ0) is 37.7. The zero-order valence-corrected chi connectivity index (χ0v) is 33.7. The molecule has 2 aromatic carbocycles. The summed E-state index contributed by atoms with van der Waals surface area (Å²) in [5.41, 5.74) is 2.92. The molecule has 10 nitrogen and oxygen atoms in total. The van der Waals surface area contributed by atoms with Crippen LogP contribution in [0.1, 0.15) is 74.4 Å². The number of carbonyl (C=O) groups is 1. The molecule has 2 saturated heterocycles. The van der Waals surface area contributed by atoms with E-state index in [9.17, 15) is 13.2 Å². The summed E-state index contributed by atoms with van der Waals surface area (Å²) in [6, 6.07) is 12.2. The van der Waals surface area contributed by atoms with Crippen LogP contribution in [0.3, 0.4) is 0 Å². The zero-order valence-electron chi connectivity index (χ0n) is 32.1. The fraction of sp³-hybridized carbons (Fsp3) is 0.643. The molecule has 54 heavy (non-hydrogen) atoms. The van der Waals surface area contributed by atoms with E-state index in [1.807, 2.05) is 25.1 Å². The number of ether oxygens (including phenoxy) is 3. The second-order valence-corrected chi connectivity index (χ2v) is 19.4. The molecule has 4 heterocycles. The van der Waals surface area contributed by atoms with Gasteiger partial charge in [-0.2, -0.15) is 0 Å². The number of rotatable bonds is 5. The van der Waals surface area contributed by atoms with Crippen LogP contribution in [0.25, 0.3) is 0 Å². The van der Waals surface area contributed by atoms with Crippen molar-refractivity contribution >= 4 is 33.2 Å². The number of aryl methyl sites for hydroxylation is 1. The Morgan fingerprint density at radius 1 is 1.06 bits per heavy atom. The van der Waals surface area contributed by atoms with Gasteiger partial charge in [0.2, 0.25) is 10.0 Å². The lowest BCUT2D eigenvalue weighted by molar-refractivity contribution is -0.119. The minimum absolute atomic E-state index is 0.218. The van der Waals surface area contributed by atoms with Crippen LogP contribution in [0.5, 0.6) is 5.75 Å². The van der Waals surface area contributed by atoms with Gasteiger partial charge in [0.15, 0.2) is 0 Å². The number of hydrogen-bond donors (Lipinski definition) is 1. The maximum atomic E-state index is 13.7. The van der Waals surface area contributed by atoms with E-state index in [1.165, 1.54) is 11.1 Å². The Bertz CT molecular complexity index is 1850. The van der Waals surface area contributed by atoms with Crippen molar-refractivity contribution in [3.05, 3.63) is 70.3 Å². The van der Waals surface area contributed by atoms with Crippen molar-refractivity contribution in [3.63, 3.8) is 0 Å². The first-order valence-corrected chi connectivity index (χ1v) is 22.1. The fourth-order valence-electron chi connectivity index (χ4n) is 10.1. The Morgan fingerprint density at radius 3 is 2.59 bits per heavy atom. The standard InChI is InChI=1S/C42H57ClN4O6S/c1-4-53-42(27-45-17-19-46(20-18-45)35-24-51-25-35)16-5-7-29(2)30(3)54(49,50)44-40(48)32-10-14-39-38(22-32)47(23-33-9-12-37(33)42)26-41(28-52-39)15-6-8-31-21-34(43)11-13-36(31)41/h5,10-11,13-14,16,21-22,29-30,33,35,37H,4,6-9,12,15,17-20,23-28H2,1-3H3,(H,44,48)/b16-5+/t29-,30+,33-,37+,41-,42-/m0/s1. The van der Waals surface area contributed by atoms with Crippen LogP contribution in [-0.4, -0.2) is 113 Å². The summed E-state index contributed by atoms with van der Waals surface area (Å²) in [5.74, 6) is 0.496. The molecule has 0 aromatic heterocycles. The van der Waals surface area contributed by atoms with Gasteiger partial charge in [-0.05, 0) is 112 Å². The number of amides is 1. The third kappa shape index (κ3) is 7.34. The van der Waals surface area contributed by atoms with E-state index < -0.39 is 26.8 Å². The summed E-state index contributed by atoms with van der Waals surface area (Å²) in [4.78, 5) is 21.3. The molecule has 8 rings (SSSR count). The number of anilines is 1. The minimum atomic E-state index is -3.96. The molecule has 1 spiro atoms. The lowest BCUT2D eigenvalue weighted by Crippen LogP contribution is -2.61. The molecule has 6 atom stereocenters. The fourth-order valence-corrected chi connectivity index (χ4v) is 11.5. The Morgan fingerprint density at radius 2 is 1.87 bits per heavy atom. The van der Waals surface area contributed by atoms with Gasteiger partial charge in [-0.1, -0.05) is 36.7 Å². The highest BCUT2D eigenvalue weighted by Gasteiger charge is 2.50. The van der Waals surface area contributed by atoms with Gasteiger partial charge in [0.05, 0.1) is 36.8 Å². The predicted octanol–water partition coefficient (Wildman–Crippen LogP) is 5.68. The Labute approximate surface area is 326 Å². The van der Waals surface area contributed by atoms with Gasteiger partial charge in [-0.25, -0.2) is 13.1 Å². The molecule has 3 fully saturated rings. The summed E-state index contributed by atoms with van der Waals surface area (Å²) >= 11 is 6.52. The van der Waals surface area contributed by atoms with Gasteiger partial charge >= 0.3 is 0 Å². The van der Waals surface area contributed by atoms with E-state index in [1.54, 1.807) is 13.0 Å². The number of hydrogen-bond acceptors (Lipinski definition) is 9. The van der Waals surface area contributed by atoms with Crippen molar-refractivity contribution in [1.29, 1.82) is 0 Å². The summed E-state index contributed by atoms with van der Waals surface area (Å²) < 4.78 is 48.9. The van der Waals surface area contributed by atoms with Crippen molar-refractivity contribution in [2.24, 2.45) is 17.8 Å². The third-order valence-corrected chi connectivity index (χ3v) is 15.8. The van der Waals surface area contributed by atoms with E-state index in [2.05, 4.69) is 50.6 Å². The number of allylic oxidation sites excluding steroid dienone is 1. The summed E-state index contributed by atoms with van der Waals surface area (Å²) in [5, 5.41) is -0.0278. The average Bonchev–Trinajstić information content (AvgIpc) is 3.26. The summed E-state index contributed by atoms with van der Waals surface area (Å²) in [6.45, 7) is 14.8. The number of carbonyl (C=O) groups excluding carboxylic acids is 1. The van der Waals surface area contributed by atoms with Crippen LogP contribution in [0.4, 0.5) is 5.69 Å².